The van der Waals surface area contributed by atoms with E-state index >= 15 is 0 Å². The van der Waals surface area contributed by atoms with Crippen LogP contribution in [0.25, 0.3) is 10.9 Å². The molecule has 1 fully saturated rings. The molecule has 146 valence electrons. The Kier molecular flexibility index (Phi) is 5.43. The average Bonchev–Trinajstić information content (AvgIpc) is 3.07. The number of rotatable bonds is 4. The third-order valence-electron chi connectivity index (χ3n) is 5.15. The quantitative estimate of drug-likeness (QED) is 0.596. The van der Waals surface area contributed by atoms with E-state index in [-0.39, 0.29) is 0 Å². The maximum absolute atomic E-state index is 12.1. The van der Waals surface area contributed by atoms with Gasteiger partial charge in [-0.25, -0.2) is 0 Å². The zero-order valence-electron chi connectivity index (χ0n) is 14.8. The predicted octanol–water partition coefficient (Wildman–Crippen LogP) is 5.08. The molecule has 5 nitrogen and oxygen atoms in total. The van der Waals surface area contributed by atoms with Crippen molar-refractivity contribution in [1.82, 2.24) is 9.88 Å². The Labute approximate surface area is 177 Å². The van der Waals surface area contributed by atoms with E-state index in [1.54, 1.807) is 18.3 Å². The summed E-state index contributed by atoms with van der Waals surface area (Å²) in [4.78, 5) is 19.4. The van der Waals surface area contributed by atoms with Gasteiger partial charge in [0.15, 0.2) is 0 Å². The molecule has 28 heavy (non-hydrogen) atoms. The summed E-state index contributed by atoms with van der Waals surface area (Å²) >= 11 is 18.2. The van der Waals surface area contributed by atoms with E-state index < -0.39 is 12.0 Å². The Hall–Kier alpha value is -1.92. The van der Waals surface area contributed by atoms with Crippen LogP contribution in [0.15, 0.2) is 42.6 Å². The third-order valence-corrected chi connectivity index (χ3v) is 6.13. The number of H-pyrrole nitrogens is 1. The second-order valence-electron chi connectivity index (χ2n) is 6.80. The standard InChI is InChI=1S/C20H18Cl3N3O2/c21-12-1-3-14-15(11-24-18(14)9-12)19(20(27)28)26-7-5-25(6-8-26)13-2-4-16(22)17(23)10-13/h1-4,9-11,19,24H,5-8H2,(H,27,28). The predicted molar refractivity (Wildman–Crippen MR) is 114 cm³/mol. The summed E-state index contributed by atoms with van der Waals surface area (Å²) in [5.41, 5.74) is 2.58. The van der Waals surface area contributed by atoms with E-state index in [9.17, 15) is 9.90 Å². The molecule has 1 saturated heterocycles. The molecular formula is C20H18Cl3N3O2. The van der Waals surface area contributed by atoms with Crippen LogP contribution in [0, 0.1) is 0 Å². The molecule has 1 aromatic heterocycles. The van der Waals surface area contributed by atoms with E-state index in [2.05, 4.69) is 9.88 Å². The molecule has 0 saturated carbocycles. The maximum Gasteiger partial charge on any atom is 0.325 e. The Bertz CT molecular complexity index is 1030. The van der Waals surface area contributed by atoms with Gasteiger partial charge in [0, 0.05) is 59.6 Å². The molecule has 0 spiro atoms. The van der Waals surface area contributed by atoms with Crippen molar-refractivity contribution in [1.29, 1.82) is 0 Å². The van der Waals surface area contributed by atoms with Gasteiger partial charge in [0.05, 0.1) is 10.0 Å². The fourth-order valence-corrected chi connectivity index (χ4v) is 4.22. The largest absolute Gasteiger partial charge is 0.480 e. The molecule has 1 aliphatic rings. The third kappa shape index (κ3) is 3.67. The van der Waals surface area contributed by atoms with Crippen molar-refractivity contribution in [3.05, 3.63) is 63.2 Å². The molecule has 2 N–H and O–H groups in total. The molecule has 4 rings (SSSR count). The number of nitrogens with one attached hydrogen (secondary N) is 1. The molecular weight excluding hydrogens is 421 g/mol. The van der Waals surface area contributed by atoms with Crippen LogP contribution < -0.4 is 4.90 Å². The number of carbonyl (C=O) groups is 1. The highest BCUT2D eigenvalue weighted by Gasteiger charge is 2.32. The number of anilines is 1. The lowest BCUT2D eigenvalue weighted by molar-refractivity contribution is -0.143. The van der Waals surface area contributed by atoms with Gasteiger partial charge in [-0.2, -0.15) is 0 Å². The lowest BCUT2D eigenvalue weighted by atomic mass is 10.0. The van der Waals surface area contributed by atoms with Gasteiger partial charge in [-0.15, -0.1) is 0 Å². The van der Waals surface area contributed by atoms with Crippen LogP contribution in [-0.2, 0) is 4.79 Å². The van der Waals surface area contributed by atoms with Crippen LogP contribution in [0.5, 0.6) is 0 Å². The number of piperazine rings is 1. The molecule has 0 amide bonds. The van der Waals surface area contributed by atoms with Crippen LogP contribution in [0.2, 0.25) is 15.1 Å². The molecule has 0 bridgehead atoms. The number of aromatic nitrogens is 1. The van der Waals surface area contributed by atoms with E-state index in [1.807, 2.05) is 29.2 Å². The number of halogens is 3. The van der Waals surface area contributed by atoms with Gasteiger partial charge in [-0.05, 0) is 30.3 Å². The molecule has 3 aromatic rings. The smallest absolute Gasteiger partial charge is 0.325 e. The summed E-state index contributed by atoms with van der Waals surface area (Å²) in [6.45, 7) is 2.65. The zero-order valence-corrected chi connectivity index (χ0v) is 17.1. The minimum Gasteiger partial charge on any atom is -0.480 e. The van der Waals surface area contributed by atoms with E-state index in [4.69, 9.17) is 34.8 Å². The summed E-state index contributed by atoms with van der Waals surface area (Å²) in [6, 6.07) is 10.3. The number of nitrogens with zero attached hydrogens (tertiary/aromatic N) is 2. The molecule has 8 heteroatoms. The summed E-state index contributed by atoms with van der Waals surface area (Å²) in [5.74, 6) is -0.862. The highest BCUT2D eigenvalue weighted by atomic mass is 35.5. The van der Waals surface area contributed by atoms with Crippen LogP contribution in [0.3, 0.4) is 0 Å². The van der Waals surface area contributed by atoms with Gasteiger partial charge in [0.25, 0.3) is 0 Å². The van der Waals surface area contributed by atoms with Crippen molar-refractivity contribution >= 4 is 57.4 Å². The van der Waals surface area contributed by atoms with Crippen LogP contribution in [0.1, 0.15) is 11.6 Å². The normalized spacial score (nSPS) is 16.5. The summed E-state index contributed by atoms with van der Waals surface area (Å²) in [6.07, 6.45) is 1.77. The highest BCUT2D eigenvalue weighted by Crippen LogP contribution is 2.32. The number of aliphatic carboxylic acids is 1. The number of hydrogen-bond acceptors (Lipinski definition) is 3. The number of benzene rings is 2. The van der Waals surface area contributed by atoms with Gasteiger partial charge < -0.3 is 15.0 Å². The first-order chi connectivity index (χ1) is 13.4. The maximum atomic E-state index is 12.1. The fourth-order valence-electron chi connectivity index (χ4n) is 3.75. The Morgan fingerprint density at radius 2 is 1.75 bits per heavy atom. The number of carboxylic acids is 1. The molecule has 1 atom stereocenters. The van der Waals surface area contributed by atoms with Gasteiger partial charge >= 0.3 is 5.97 Å². The number of carboxylic acid groups (broad SMARTS) is 1. The van der Waals surface area contributed by atoms with Crippen LogP contribution in [-0.4, -0.2) is 47.1 Å². The van der Waals surface area contributed by atoms with Crippen LogP contribution in [0.4, 0.5) is 5.69 Å². The lowest BCUT2D eigenvalue weighted by Gasteiger charge is -2.38. The van der Waals surface area contributed by atoms with E-state index in [1.165, 1.54) is 0 Å². The highest BCUT2D eigenvalue weighted by molar-refractivity contribution is 6.42. The summed E-state index contributed by atoms with van der Waals surface area (Å²) in [5, 5.41) is 12.5. The Morgan fingerprint density at radius 1 is 1.00 bits per heavy atom. The van der Waals surface area contributed by atoms with Crippen molar-refractivity contribution in [3.63, 3.8) is 0 Å². The van der Waals surface area contributed by atoms with Gasteiger partial charge in [-0.1, -0.05) is 40.9 Å². The van der Waals surface area contributed by atoms with Crippen molar-refractivity contribution in [2.24, 2.45) is 0 Å². The second kappa shape index (κ2) is 7.84. The minimum absolute atomic E-state index is 0.516. The molecule has 1 aliphatic heterocycles. The molecule has 1 unspecified atom stereocenters. The van der Waals surface area contributed by atoms with Crippen molar-refractivity contribution in [2.45, 2.75) is 6.04 Å². The van der Waals surface area contributed by atoms with Crippen molar-refractivity contribution in [3.8, 4) is 0 Å². The fraction of sp³-hybridized carbons (Fsp3) is 0.250. The monoisotopic (exact) mass is 437 g/mol. The Morgan fingerprint density at radius 3 is 2.43 bits per heavy atom. The molecule has 0 radical (unpaired) electrons. The number of hydrogen-bond donors (Lipinski definition) is 2. The van der Waals surface area contributed by atoms with Crippen LogP contribution >= 0.6 is 34.8 Å². The van der Waals surface area contributed by atoms with Crippen molar-refractivity contribution < 1.29 is 9.90 Å². The first-order valence-electron chi connectivity index (χ1n) is 8.87. The first-order valence-corrected chi connectivity index (χ1v) is 10.0. The number of aromatic amines is 1. The number of fused-ring (bicyclic) bond motifs is 1. The minimum atomic E-state index is -0.862. The molecule has 2 heterocycles. The molecule has 2 aromatic carbocycles. The topological polar surface area (TPSA) is 59.6 Å². The van der Waals surface area contributed by atoms with E-state index in [0.29, 0.717) is 41.2 Å². The SMILES string of the molecule is O=C(O)C(c1c[nH]c2cc(Cl)ccc12)N1CCN(c2ccc(Cl)c(Cl)c2)CC1. The lowest BCUT2D eigenvalue weighted by Crippen LogP contribution is -2.49. The summed E-state index contributed by atoms with van der Waals surface area (Å²) < 4.78 is 0. The van der Waals surface area contributed by atoms with Gasteiger partial charge in [0.2, 0.25) is 0 Å². The van der Waals surface area contributed by atoms with Gasteiger partial charge in [0.1, 0.15) is 6.04 Å². The Balaban J connectivity index is 1.55. The average molecular weight is 439 g/mol. The first kappa shape index (κ1) is 19.4. The van der Waals surface area contributed by atoms with E-state index in [0.717, 1.165) is 22.2 Å². The second-order valence-corrected chi connectivity index (χ2v) is 8.05. The van der Waals surface area contributed by atoms with Gasteiger partial charge in [-0.3, -0.25) is 9.69 Å². The molecule has 0 aliphatic carbocycles. The van der Waals surface area contributed by atoms with Crippen molar-refractivity contribution in [2.75, 3.05) is 31.1 Å². The zero-order chi connectivity index (χ0) is 19.8. The summed E-state index contributed by atoms with van der Waals surface area (Å²) in [7, 11) is 0.